The highest BCUT2D eigenvalue weighted by Crippen LogP contribution is 2.31. The maximum atomic E-state index is 12.6. The van der Waals surface area contributed by atoms with Gasteiger partial charge in [0.1, 0.15) is 17.1 Å². The average molecular weight is 394 g/mol. The van der Waals surface area contributed by atoms with Gasteiger partial charge >= 0.3 is 11.6 Å². The number of fused-ring (bicyclic) bond motifs is 3. The van der Waals surface area contributed by atoms with Gasteiger partial charge in [-0.1, -0.05) is 6.42 Å². The summed E-state index contributed by atoms with van der Waals surface area (Å²) in [6.45, 7) is 0.0856. The van der Waals surface area contributed by atoms with Gasteiger partial charge in [-0.05, 0) is 79.8 Å². The Balaban J connectivity index is 1.40. The van der Waals surface area contributed by atoms with Crippen molar-refractivity contribution in [3.63, 3.8) is 0 Å². The van der Waals surface area contributed by atoms with E-state index in [1.54, 1.807) is 11.3 Å². The molecule has 2 aliphatic rings. The van der Waals surface area contributed by atoms with Crippen LogP contribution < -0.4 is 5.63 Å². The summed E-state index contributed by atoms with van der Waals surface area (Å²) in [6.07, 6.45) is 8.95. The first kappa shape index (κ1) is 17.7. The van der Waals surface area contributed by atoms with Crippen molar-refractivity contribution in [3.05, 3.63) is 66.7 Å². The SMILES string of the molecule is O=C(OCc1cc(=O)oc2cc3c(cc12)CCC3)c1cc2c(s1)CCCCC2. The smallest absolute Gasteiger partial charge is 0.348 e. The van der Waals surface area contributed by atoms with Crippen molar-refractivity contribution in [2.75, 3.05) is 0 Å². The molecule has 2 aromatic heterocycles. The molecule has 0 aliphatic heterocycles. The number of thiophene rings is 1. The van der Waals surface area contributed by atoms with Gasteiger partial charge in [-0.2, -0.15) is 0 Å². The minimum atomic E-state index is -0.403. The van der Waals surface area contributed by atoms with Crippen molar-refractivity contribution in [1.29, 1.82) is 0 Å². The largest absolute Gasteiger partial charge is 0.457 e. The second kappa shape index (κ2) is 7.21. The lowest BCUT2D eigenvalue weighted by molar-refractivity contribution is 0.0479. The molecule has 5 heteroatoms. The van der Waals surface area contributed by atoms with Gasteiger partial charge in [0.25, 0.3) is 0 Å². The predicted octanol–water partition coefficient (Wildman–Crippen LogP) is 4.97. The topological polar surface area (TPSA) is 56.5 Å². The van der Waals surface area contributed by atoms with E-state index >= 15 is 0 Å². The number of hydrogen-bond donors (Lipinski definition) is 0. The number of esters is 1. The number of carbonyl (C=O) groups is 1. The fourth-order valence-corrected chi connectivity index (χ4v) is 5.54. The van der Waals surface area contributed by atoms with E-state index in [2.05, 4.69) is 6.07 Å². The van der Waals surface area contributed by atoms with Crippen LogP contribution in [0.25, 0.3) is 11.0 Å². The summed E-state index contributed by atoms with van der Waals surface area (Å²) >= 11 is 1.56. The summed E-state index contributed by atoms with van der Waals surface area (Å²) in [7, 11) is 0. The van der Waals surface area contributed by atoms with Gasteiger partial charge in [0.05, 0.1) is 0 Å². The molecule has 5 rings (SSSR count). The van der Waals surface area contributed by atoms with E-state index in [0.29, 0.717) is 16.0 Å². The molecule has 0 N–H and O–H groups in total. The Bertz CT molecular complexity index is 1100. The van der Waals surface area contributed by atoms with Crippen LogP contribution in [0, 0.1) is 0 Å². The molecule has 4 nitrogen and oxygen atoms in total. The van der Waals surface area contributed by atoms with E-state index in [4.69, 9.17) is 9.15 Å². The Hall–Kier alpha value is -2.40. The normalized spacial score (nSPS) is 15.9. The van der Waals surface area contributed by atoms with E-state index in [1.807, 2.05) is 12.1 Å². The van der Waals surface area contributed by atoms with E-state index < -0.39 is 5.63 Å². The molecule has 0 radical (unpaired) electrons. The highest BCUT2D eigenvalue weighted by Gasteiger charge is 2.19. The summed E-state index contributed by atoms with van der Waals surface area (Å²) in [5, 5.41) is 0.870. The third kappa shape index (κ3) is 3.28. The molecule has 0 spiro atoms. The van der Waals surface area contributed by atoms with Gasteiger partial charge in [0.15, 0.2) is 0 Å². The highest BCUT2D eigenvalue weighted by molar-refractivity contribution is 7.14. The van der Waals surface area contributed by atoms with Gasteiger partial charge in [-0.3, -0.25) is 0 Å². The van der Waals surface area contributed by atoms with Crippen LogP contribution in [0.5, 0.6) is 0 Å². The van der Waals surface area contributed by atoms with Crippen LogP contribution in [0.4, 0.5) is 0 Å². The third-order valence-electron chi connectivity index (χ3n) is 5.85. The van der Waals surface area contributed by atoms with Gasteiger partial charge in [0, 0.05) is 21.9 Å². The summed E-state index contributed by atoms with van der Waals surface area (Å²) in [5.74, 6) is -0.305. The van der Waals surface area contributed by atoms with Crippen LogP contribution in [0.1, 0.15) is 62.5 Å². The Labute approximate surface area is 167 Å². The van der Waals surface area contributed by atoms with Crippen LogP contribution >= 0.6 is 11.3 Å². The highest BCUT2D eigenvalue weighted by atomic mass is 32.1. The van der Waals surface area contributed by atoms with Crippen LogP contribution in [0.3, 0.4) is 0 Å². The van der Waals surface area contributed by atoms with Crippen LogP contribution in [-0.2, 0) is 37.0 Å². The fraction of sp³-hybridized carbons (Fsp3) is 0.391. The summed E-state index contributed by atoms with van der Waals surface area (Å²) in [6, 6.07) is 7.51. The molecule has 1 aromatic carbocycles. The summed E-state index contributed by atoms with van der Waals surface area (Å²) < 4.78 is 11.0. The predicted molar refractivity (Wildman–Crippen MR) is 109 cm³/mol. The van der Waals surface area contributed by atoms with Crippen molar-refractivity contribution in [3.8, 4) is 0 Å². The zero-order valence-electron chi connectivity index (χ0n) is 15.7. The quantitative estimate of drug-likeness (QED) is 0.358. The second-order valence-electron chi connectivity index (χ2n) is 7.76. The summed E-state index contributed by atoms with van der Waals surface area (Å²) in [4.78, 5) is 26.6. The van der Waals surface area contributed by atoms with Crippen molar-refractivity contribution in [1.82, 2.24) is 0 Å². The van der Waals surface area contributed by atoms with Crippen molar-refractivity contribution in [2.24, 2.45) is 0 Å². The lowest BCUT2D eigenvalue weighted by atomic mass is 10.0. The molecule has 0 fully saturated rings. The molecular weight excluding hydrogens is 372 g/mol. The van der Waals surface area contributed by atoms with E-state index in [9.17, 15) is 9.59 Å². The monoisotopic (exact) mass is 394 g/mol. The summed E-state index contributed by atoms with van der Waals surface area (Å²) in [5.41, 5.74) is 4.76. The number of benzene rings is 1. The molecule has 0 saturated heterocycles. The molecule has 0 amide bonds. The van der Waals surface area contributed by atoms with Crippen molar-refractivity contribution >= 4 is 28.3 Å². The maximum Gasteiger partial charge on any atom is 0.348 e. The lowest BCUT2D eigenvalue weighted by Gasteiger charge is -2.08. The zero-order chi connectivity index (χ0) is 19.1. The average Bonchev–Trinajstić information content (AvgIpc) is 3.25. The van der Waals surface area contributed by atoms with Gasteiger partial charge < -0.3 is 9.15 Å². The van der Waals surface area contributed by atoms with Crippen LogP contribution in [0.15, 0.2) is 33.5 Å². The van der Waals surface area contributed by atoms with E-state index in [1.165, 1.54) is 46.9 Å². The third-order valence-corrected chi connectivity index (χ3v) is 7.07. The number of hydrogen-bond acceptors (Lipinski definition) is 5. The van der Waals surface area contributed by atoms with Gasteiger partial charge in [-0.15, -0.1) is 11.3 Å². The molecule has 0 unspecified atom stereocenters. The molecular formula is C23H22O4S. The number of carbonyl (C=O) groups excluding carboxylic acids is 1. The molecule has 28 heavy (non-hydrogen) atoms. The molecule has 2 heterocycles. The van der Waals surface area contributed by atoms with Crippen LogP contribution in [0.2, 0.25) is 0 Å². The lowest BCUT2D eigenvalue weighted by Crippen LogP contribution is -2.07. The molecule has 3 aromatic rings. The Morgan fingerprint density at radius 2 is 1.71 bits per heavy atom. The number of rotatable bonds is 3. The van der Waals surface area contributed by atoms with Gasteiger partial charge in [0.2, 0.25) is 0 Å². The van der Waals surface area contributed by atoms with E-state index in [-0.39, 0.29) is 12.6 Å². The Morgan fingerprint density at radius 1 is 0.929 bits per heavy atom. The van der Waals surface area contributed by atoms with Crippen molar-refractivity contribution in [2.45, 2.75) is 58.0 Å². The molecule has 0 bridgehead atoms. The number of ether oxygens (including phenoxy) is 1. The first-order valence-electron chi connectivity index (χ1n) is 10.0. The fourth-order valence-electron chi connectivity index (χ4n) is 4.40. The van der Waals surface area contributed by atoms with Crippen LogP contribution in [-0.4, -0.2) is 5.97 Å². The molecule has 144 valence electrons. The Morgan fingerprint density at radius 3 is 2.61 bits per heavy atom. The standard InChI is InChI=1S/C23H22O4S/c24-22-12-17(18-9-14-6-4-7-15(14)10-19(18)27-22)13-26-23(25)21-11-16-5-2-1-3-8-20(16)28-21/h9-12H,1-8,13H2. The first-order valence-corrected chi connectivity index (χ1v) is 10.9. The first-order chi connectivity index (χ1) is 13.7. The molecule has 0 atom stereocenters. The number of aryl methyl sites for hydroxylation is 4. The Kier molecular flexibility index (Phi) is 4.55. The molecule has 0 saturated carbocycles. The zero-order valence-corrected chi connectivity index (χ0v) is 16.5. The minimum Gasteiger partial charge on any atom is -0.457 e. The van der Waals surface area contributed by atoms with Crippen molar-refractivity contribution < 1.29 is 13.9 Å². The second-order valence-corrected chi connectivity index (χ2v) is 8.89. The van der Waals surface area contributed by atoms with Gasteiger partial charge in [-0.25, -0.2) is 9.59 Å². The maximum absolute atomic E-state index is 12.6. The molecule has 2 aliphatic carbocycles. The minimum absolute atomic E-state index is 0.0856. The van der Waals surface area contributed by atoms with E-state index in [0.717, 1.165) is 37.5 Å².